The van der Waals surface area contributed by atoms with E-state index in [1.807, 2.05) is 73.3 Å². The highest BCUT2D eigenvalue weighted by Crippen LogP contribution is 2.33. The van der Waals surface area contributed by atoms with Crippen LogP contribution in [0.4, 0.5) is 5.69 Å². The van der Waals surface area contributed by atoms with E-state index in [-0.39, 0.29) is 5.91 Å². The minimum Gasteiger partial charge on any atom is -0.488 e. The quantitative estimate of drug-likeness (QED) is 0.473. The zero-order valence-electron chi connectivity index (χ0n) is 17.0. The van der Waals surface area contributed by atoms with Crippen LogP contribution >= 0.6 is 0 Å². The van der Waals surface area contributed by atoms with Gasteiger partial charge < -0.3 is 14.2 Å². The molecule has 0 bridgehead atoms. The number of amides is 1. The van der Waals surface area contributed by atoms with Gasteiger partial charge in [0.1, 0.15) is 18.1 Å². The standard InChI is InChI=1S/C25H22N2O3/c1-16-22(17(2)30-26-16)15-29-24-14-20-9-4-3-8-19(20)13-21(24)25(28)27-12-11-18-7-5-6-10-23(18)27/h3-10,13-14H,11-12,15H2,1-2H3. The summed E-state index contributed by atoms with van der Waals surface area (Å²) in [6.07, 6.45) is 0.866. The summed E-state index contributed by atoms with van der Waals surface area (Å²) < 4.78 is 11.4. The number of nitrogens with zero attached hydrogens (tertiary/aromatic N) is 2. The first-order valence-corrected chi connectivity index (χ1v) is 10.1. The highest BCUT2D eigenvalue weighted by Gasteiger charge is 2.27. The Hall–Kier alpha value is -3.60. The second kappa shape index (κ2) is 7.34. The molecule has 0 unspecified atom stereocenters. The van der Waals surface area contributed by atoms with Gasteiger partial charge in [0.25, 0.3) is 5.91 Å². The average molecular weight is 398 g/mol. The second-order valence-corrected chi connectivity index (χ2v) is 7.62. The monoisotopic (exact) mass is 398 g/mol. The third-order valence-electron chi connectivity index (χ3n) is 5.76. The number of rotatable bonds is 4. The fraction of sp³-hybridized carbons (Fsp3) is 0.200. The van der Waals surface area contributed by atoms with Crippen LogP contribution in [-0.4, -0.2) is 17.6 Å². The molecule has 3 aromatic carbocycles. The van der Waals surface area contributed by atoms with Gasteiger partial charge in [-0.05, 0) is 54.8 Å². The molecular weight excluding hydrogens is 376 g/mol. The van der Waals surface area contributed by atoms with Gasteiger partial charge in [0.05, 0.1) is 16.8 Å². The number of ether oxygens (including phenoxy) is 1. The minimum atomic E-state index is -0.0422. The van der Waals surface area contributed by atoms with Crippen LogP contribution in [0.5, 0.6) is 5.75 Å². The Kier molecular flexibility index (Phi) is 4.51. The van der Waals surface area contributed by atoms with Gasteiger partial charge in [-0.2, -0.15) is 0 Å². The molecule has 5 rings (SSSR count). The van der Waals surface area contributed by atoms with Gasteiger partial charge in [-0.25, -0.2) is 0 Å². The van der Waals surface area contributed by atoms with Gasteiger partial charge in [-0.15, -0.1) is 0 Å². The molecule has 150 valence electrons. The first-order valence-electron chi connectivity index (χ1n) is 10.1. The summed E-state index contributed by atoms with van der Waals surface area (Å²) in [7, 11) is 0. The van der Waals surface area contributed by atoms with E-state index in [0.717, 1.165) is 39.9 Å². The molecule has 0 fully saturated rings. The van der Waals surface area contributed by atoms with E-state index in [2.05, 4.69) is 11.2 Å². The lowest BCUT2D eigenvalue weighted by Crippen LogP contribution is -2.29. The number of hydrogen-bond donors (Lipinski definition) is 0. The molecule has 1 aromatic heterocycles. The lowest BCUT2D eigenvalue weighted by atomic mass is 10.0. The third-order valence-corrected chi connectivity index (χ3v) is 5.76. The Morgan fingerprint density at radius 3 is 2.57 bits per heavy atom. The van der Waals surface area contributed by atoms with Crippen molar-refractivity contribution in [3.8, 4) is 5.75 Å². The van der Waals surface area contributed by atoms with Gasteiger partial charge >= 0.3 is 0 Å². The van der Waals surface area contributed by atoms with Crippen molar-refractivity contribution in [3.63, 3.8) is 0 Å². The SMILES string of the molecule is Cc1noc(C)c1COc1cc2ccccc2cc1C(=O)N1CCc2ccccc21. The van der Waals surface area contributed by atoms with Gasteiger partial charge in [-0.1, -0.05) is 47.6 Å². The van der Waals surface area contributed by atoms with Gasteiger partial charge in [-0.3, -0.25) is 4.79 Å². The van der Waals surface area contributed by atoms with Crippen molar-refractivity contribution in [2.75, 3.05) is 11.4 Å². The molecule has 0 aliphatic carbocycles. The molecule has 0 N–H and O–H groups in total. The van der Waals surface area contributed by atoms with Crippen LogP contribution in [0.2, 0.25) is 0 Å². The van der Waals surface area contributed by atoms with Crippen LogP contribution in [0.1, 0.15) is 32.9 Å². The first kappa shape index (κ1) is 18.4. The predicted molar refractivity (Wildman–Crippen MR) is 116 cm³/mol. The van der Waals surface area contributed by atoms with Gasteiger partial charge in [0, 0.05) is 12.2 Å². The van der Waals surface area contributed by atoms with E-state index in [4.69, 9.17) is 9.26 Å². The maximum atomic E-state index is 13.6. The fourth-order valence-electron chi connectivity index (χ4n) is 4.06. The largest absolute Gasteiger partial charge is 0.488 e. The van der Waals surface area contributed by atoms with Crippen LogP contribution in [-0.2, 0) is 13.0 Å². The van der Waals surface area contributed by atoms with Crippen molar-refractivity contribution in [1.29, 1.82) is 0 Å². The summed E-state index contributed by atoms with van der Waals surface area (Å²) in [6, 6.07) is 20.0. The van der Waals surface area contributed by atoms with Crippen molar-refractivity contribution >= 4 is 22.4 Å². The van der Waals surface area contributed by atoms with Crippen molar-refractivity contribution < 1.29 is 14.1 Å². The maximum Gasteiger partial charge on any atom is 0.262 e. The molecular formula is C25H22N2O3. The zero-order chi connectivity index (χ0) is 20.7. The second-order valence-electron chi connectivity index (χ2n) is 7.62. The van der Waals surface area contributed by atoms with Crippen molar-refractivity contribution in [3.05, 3.63) is 88.8 Å². The Morgan fingerprint density at radius 1 is 1.07 bits per heavy atom. The summed E-state index contributed by atoms with van der Waals surface area (Å²) in [6.45, 7) is 4.74. The number of hydrogen-bond acceptors (Lipinski definition) is 4. The van der Waals surface area contributed by atoms with Crippen LogP contribution in [0, 0.1) is 13.8 Å². The number of carbonyl (C=O) groups is 1. The number of benzene rings is 3. The maximum absolute atomic E-state index is 13.6. The molecule has 0 saturated heterocycles. The van der Waals surface area contributed by atoms with Crippen LogP contribution in [0.25, 0.3) is 10.8 Å². The Morgan fingerprint density at radius 2 is 1.80 bits per heavy atom. The van der Waals surface area contributed by atoms with Crippen LogP contribution in [0.3, 0.4) is 0 Å². The van der Waals surface area contributed by atoms with Gasteiger partial charge in [0.2, 0.25) is 0 Å². The average Bonchev–Trinajstić information content (AvgIpc) is 3.34. The molecule has 0 radical (unpaired) electrons. The molecule has 5 nitrogen and oxygen atoms in total. The van der Waals surface area contributed by atoms with Crippen molar-refractivity contribution in [2.45, 2.75) is 26.9 Å². The van der Waals surface area contributed by atoms with E-state index in [9.17, 15) is 4.79 Å². The molecule has 30 heavy (non-hydrogen) atoms. The summed E-state index contributed by atoms with van der Waals surface area (Å²) in [4.78, 5) is 15.4. The van der Waals surface area contributed by atoms with Crippen molar-refractivity contribution in [1.82, 2.24) is 5.16 Å². The Balaban J connectivity index is 1.55. The molecule has 1 amide bonds. The number of aryl methyl sites for hydroxylation is 2. The lowest BCUT2D eigenvalue weighted by Gasteiger charge is -2.20. The van der Waals surface area contributed by atoms with Crippen LogP contribution < -0.4 is 9.64 Å². The number of carbonyl (C=O) groups excluding carboxylic acids is 1. The normalized spacial score (nSPS) is 12.9. The molecule has 0 atom stereocenters. The molecule has 5 heteroatoms. The summed E-state index contributed by atoms with van der Waals surface area (Å²) >= 11 is 0. The molecule has 4 aromatic rings. The Bertz CT molecular complexity index is 1240. The van der Waals surface area contributed by atoms with E-state index in [1.54, 1.807) is 0 Å². The van der Waals surface area contributed by atoms with Gasteiger partial charge in [0.15, 0.2) is 0 Å². The van der Waals surface area contributed by atoms with E-state index >= 15 is 0 Å². The predicted octanol–water partition coefficient (Wildman–Crippen LogP) is 5.23. The molecule has 0 spiro atoms. The molecule has 1 aliphatic rings. The number of fused-ring (bicyclic) bond motifs is 2. The van der Waals surface area contributed by atoms with Crippen LogP contribution in [0.15, 0.2) is 65.2 Å². The first-order chi connectivity index (χ1) is 14.6. The van der Waals surface area contributed by atoms with E-state index in [1.165, 1.54) is 5.56 Å². The topological polar surface area (TPSA) is 55.6 Å². The fourth-order valence-corrected chi connectivity index (χ4v) is 4.06. The summed E-state index contributed by atoms with van der Waals surface area (Å²) in [5.74, 6) is 1.26. The summed E-state index contributed by atoms with van der Waals surface area (Å²) in [5.41, 5.74) is 4.46. The molecule has 2 heterocycles. The van der Waals surface area contributed by atoms with Crippen molar-refractivity contribution in [2.24, 2.45) is 0 Å². The lowest BCUT2D eigenvalue weighted by molar-refractivity contribution is 0.0985. The number of para-hydroxylation sites is 1. The molecule has 1 aliphatic heterocycles. The Labute approximate surface area is 174 Å². The smallest absolute Gasteiger partial charge is 0.262 e. The zero-order valence-corrected chi connectivity index (χ0v) is 17.0. The van der Waals surface area contributed by atoms with E-state index in [0.29, 0.717) is 24.5 Å². The number of aromatic nitrogens is 1. The molecule has 0 saturated carbocycles. The highest BCUT2D eigenvalue weighted by molar-refractivity contribution is 6.11. The minimum absolute atomic E-state index is 0.0422. The highest BCUT2D eigenvalue weighted by atomic mass is 16.5. The summed E-state index contributed by atoms with van der Waals surface area (Å²) in [5, 5.41) is 6.04. The van der Waals surface area contributed by atoms with E-state index < -0.39 is 0 Å². The number of anilines is 1. The third kappa shape index (κ3) is 3.12.